The summed E-state index contributed by atoms with van der Waals surface area (Å²) in [6.45, 7) is 1.94. The fraction of sp³-hybridized carbons (Fsp3) is 0.267. The zero-order chi connectivity index (χ0) is 15.9. The van der Waals surface area contributed by atoms with Crippen LogP contribution in [0.5, 0.6) is 0 Å². The maximum atomic E-state index is 12.0. The Morgan fingerprint density at radius 1 is 1.41 bits per heavy atom. The molecule has 0 radical (unpaired) electrons. The molecule has 3 heterocycles. The van der Waals surface area contributed by atoms with Crippen LogP contribution in [0.15, 0.2) is 29.9 Å². The number of rotatable bonds is 2. The summed E-state index contributed by atoms with van der Waals surface area (Å²) in [5.41, 5.74) is 1.39. The van der Waals surface area contributed by atoms with Gasteiger partial charge in [-0.3, -0.25) is 20.1 Å². The standard InChI is InChI=1S/C15H15ClN4OS/c1-15(5-13(21)20(2)14(17)19-15)12-4-10(8-22-12)9-3-11(16)7-18-6-9/h3-4,6-8H,5H2,1-2H3,(H2,17,19)/t15-/m0/s1. The molecule has 3 rings (SSSR count). The average Bonchev–Trinajstić information content (AvgIpc) is 2.95. The van der Waals surface area contributed by atoms with Crippen molar-refractivity contribution in [3.8, 4) is 11.1 Å². The number of hydrogen-bond donors (Lipinski definition) is 2. The van der Waals surface area contributed by atoms with Crippen molar-refractivity contribution in [2.24, 2.45) is 0 Å². The average molecular weight is 335 g/mol. The maximum Gasteiger partial charge on any atom is 0.231 e. The van der Waals surface area contributed by atoms with Gasteiger partial charge >= 0.3 is 0 Å². The molecule has 1 aliphatic rings. The second-order valence-corrected chi connectivity index (χ2v) is 6.87. The van der Waals surface area contributed by atoms with Crippen LogP contribution in [-0.2, 0) is 10.3 Å². The van der Waals surface area contributed by atoms with Crippen molar-refractivity contribution in [3.05, 3.63) is 39.8 Å². The first-order chi connectivity index (χ1) is 10.4. The van der Waals surface area contributed by atoms with Gasteiger partial charge in [0.15, 0.2) is 5.96 Å². The van der Waals surface area contributed by atoms with Crippen LogP contribution in [0.1, 0.15) is 18.2 Å². The van der Waals surface area contributed by atoms with Crippen LogP contribution in [0, 0.1) is 5.41 Å². The Balaban J connectivity index is 1.93. The van der Waals surface area contributed by atoms with E-state index in [0.29, 0.717) is 11.4 Å². The molecule has 1 atom stereocenters. The molecule has 22 heavy (non-hydrogen) atoms. The van der Waals surface area contributed by atoms with Gasteiger partial charge in [-0.2, -0.15) is 0 Å². The quantitative estimate of drug-likeness (QED) is 0.886. The van der Waals surface area contributed by atoms with Crippen molar-refractivity contribution in [1.29, 1.82) is 5.41 Å². The van der Waals surface area contributed by atoms with Crippen LogP contribution < -0.4 is 5.32 Å². The Hall–Kier alpha value is -1.92. The Morgan fingerprint density at radius 2 is 2.18 bits per heavy atom. The van der Waals surface area contributed by atoms with Crippen molar-refractivity contribution >= 4 is 34.8 Å². The third kappa shape index (κ3) is 2.60. The Labute approximate surface area is 137 Å². The van der Waals surface area contributed by atoms with Crippen molar-refractivity contribution in [3.63, 3.8) is 0 Å². The van der Waals surface area contributed by atoms with Crippen LogP contribution in [0.3, 0.4) is 0 Å². The molecule has 0 aliphatic carbocycles. The first kappa shape index (κ1) is 15.0. The molecule has 1 aliphatic heterocycles. The summed E-state index contributed by atoms with van der Waals surface area (Å²) in [5.74, 6) is 0.0590. The van der Waals surface area contributed by atoms with Crippen LogP contribution in [0.25, 0.3) is 11.1 Å². The lowest BCUT2D eigenvalue weighted by Gasteiger charge is -2.38. The van der Waals surface area contributed by atoms with Gasteiger partial charge in [0.1, 0.15) is 0 Å². The fourth-order valence-electron chi connectivity index (χ4n) is 2.43. The molecule has 2 aromatic rings. The van der Waals surface area contributed by atoms with Gasteiger partial charge in [0.2, 0.25) is 5.91 Å². The van der Waals surface area contributed by atoms with Gasteiger partial charge in [-0.25, -0.2) is 0 Å². The molecule has 0 saturated carbocycles. The maximum absolute atomic E-state index is 12.0. The van der Waals surface area contributed by atoms with Crippen molar-refractivity contribution in [2.75, 3.05) is 7.05 Å². The molecule has 2 aromatic heterocycles. The summed E-state index contributed by atoms with van der Waals surface area (Å²) < 4.78 is 0. The molecule has 5 nitrogen and oxygen atoms in total. The largest absolute Gasteiger partial charge is 0.345 e. The highest BCUT2D eigenvalue weighted by atomic mass is 35.5. The minimum atomic E-state index is -0.560. The lowest BCUT2D eigenvalue weighted by Crippen LogP contribution is -2.57. The zero-order valence-electron chi connectivity index (χ0n) is 12.2. The number of thiophene rings is 1. The van der Waals surface area contributed by atoms with Gasteiger partial charge in [-0.15, -0.1) is 11.3 Å². The van der Waals surface area contributed by atoms with Crippen LogP contribution in [0.2, 0.25) is 5.02 Å². The molecule has 2 N–H and O–H groups in total. The molecule has 114 valence electrons. The highest BCUT2D eigenvalue weighted by Gasteiger charge is 2.38. The van der Waals surface area contributed by atoms with Gasteiger partial charge in [0.25, 0.3) is 0 Å². The van der Waals surface area contributed by atoms with Crippen molar-refractivity contribution < 1.29 is 4.79 Å². The van der Waals surface area contributed by atoms with Crippen LogP contribution >= 0.6 is 22.9 Å². The van der Waals surface area contributed by atoms with E-state index in [-0.39, 0.29) is 11.9 Å². The third-order valence-electron chi connectivity index (χ3n) is 3.79. The minimum Gasteiger partial charge on any atom is -0.345 e. The molecular weight excluding hydrogens is 320 g/mol. The fourth-order valence-corrected chi connectivity index (χ4v) is 3.64. The number of amides is 1. The summed E-state index contributed by atoms with van der Waals surface area (Å²) in [4.78, 5) is 18.5. The highest BCUT2D eigenvalue weighted by Crippen LogP contribution is 2.36. The van der Waals surface area contributed by atoms with E-state index in [9.17, 15) is 4.79 Å². The highest BCUT2D eigenvalue weighted by molar-refractivity contribution is 7.10. The lowest BCUT2D eigenvalue weighted by atomic mass is 9.92. The van der Waals surface area contributed by atoms with Gasteiger partial charge in [-0.1, -0.05) is 11.6 Å². The molecule has 0 aromatic carbocycles. The second kappa shape index (κ2) is 5.37. The van der Waals surface area contributed by atoms with Gasteiger partial charge in [0.05, 0.1) is 17.0 Å². The van der Waals surface area contributed by atoms with E-state index >= 15 is 0 Å². The van der Waals surface area contributed by atoms with Crippen LogP contribution in [0.4, 0.5) is 0 Å². The van der Waals surface area contributed by atoms with E-state index in [1.165, 1.54) is 4.90 Å². The van der Waals surface area contributed by atoms with Crippen molar-refractivity contribution in [2.45, 2.75) is 18.9 Å². The summed E-state index contributed by atoms with van der Waals surface area (Å²) in [7, 11) is 1.61. The first-order valence-electron chi connectivity index (χ1n) is 6.72. The van der Waals surface area contributed by atoms with E-state index < -0.39 is 5.54 Å². The number of nitrogens with one attached hydrogen (secondary N) is 2. The SMILES string of the molecule is CN1C(=N)N[C@](C)(c2cc(-c3cncc(Cl)c3)cs2)CC1=O. The Kier molecular flexibility index (Phi) is 3.66. The smallest absolute Gasteiger partial charge is 0.231 e. The predicted octanol–water partition coefficient (Wildman–Crippen LogP) is 3.07. The summed E-state index contributed by atoms with van der Waals surface area (Å²) in [6.07, 6.45) is 3.67. The van der Waals surface area contributed by atoms with Crippen molar-refractivity contribution in [1.82, 2.24) is 15.2 Å². The van der Waals surface area contributed by atoms with E-state index in [1.54, 1.807) is 30.8 Å². The number of carbonyl (C=O) groups excluding carboxylic acids is 1. The molecule has 0 bridgehead atoms. The third-order valence-corrected chi connectivity index (χ3v) is 5.19. The van der Waals surface area contributed by atoms with E-state index in [2.05, 4.69) is 10.3 Å². The summed E-state index contributed by atoms with van der Waals surface area (Å²) >= 11 is 7.54. The first-order valence-corrected chi connectivity index (χ1v) is 7.98. The van der Waals surface area contributed by atoms with E-state index in [4.69, 9.17) is 17.0 Å². The molecule has 0 spiro atoms. The molecule has 1 saturated heterocycles. The molecular formula is C15H15ClN4OS. The Morgan fingerprint density at radius 3 is 2.86 bits per heavy atom. The molecule has 7 heteroatoms. The number of halogens is 1. The summed E-state index contributed by atoms with van der Waals surface area (Å²) in [6, 6.07) is 3.88. The number of pyridine rings is 1. The van der Waals surface area contributed by atoms with Gasteiger partial charge in [0, 0.05) is 29.9 Å². The lowest BCUT2D eigenvalue weighted by molar-refractivity contribution is -0.129. The number of carbonyl (C=O) groups is 1. The van der Waals surface area contributed by atoms with Gasteiger partial charge in [-0.05, 0) is 30.0 Å². The predicted molar refractivity (Wildman–Crippen MR) is 88.2 cm³/mol. The van der Waals surface area contributed by atoms with Crippen LogP contribution in [-0.4, -0.2) is 28.8 Å². The molecule has 0 unspecified atom stereocenters. The van der Waals surface area contributed by atoms with Gasteiger partial charge < -0.3 is 5.32 Å². The number of aromatic nitrogens is 1. The number of guanidine groups is 1. The normalized spacial score (nSPS) is 21.9. The topological polar surface area (TPSA) is 69.1 Å². The van der Waals surface area contributed by atoms with E-state index in [0.717, 1.165) is 16.0 Å². The number of nitrogens with zero attached hydrogens (tertiary/aromatic N) is 2. The zero-order valence-corrected chi connectivity index (χ0v) is 13.8. The molecule has 1 fully saturated rings. The van der Waals surface area contributed by atoms with E-state index in [1.807, 2.05) is 24.4 Å². The monoisotopic (exact) mass is 334 g/mol. The molecule has 1 amide bonds. The second-order valence-electron chi connectivity index (χ2n) is 5.53. The summed E-state index contributed by atoms with van der Waals surface area (Å²) in [5, 5.41) is 13.6. The number of hydrogen-bond acceptors (Lipinski definition) is 4. The Bertz CT molecular complexity index is 740. The minimum absolute atomic E-state index is 0.0642.